The lowest BCUT2D eigenvalue weighted by atomic mass is 9.77. The highest BCUT2D eigenvalue weighted by Crippen LogP contribution is 2.46. The maximum absolute atomic E-state index is 13.8. The Labute approximate surface area is 165 Å². The molecule has 7 heteroatoms. The number of nitrogens with zero attached hydrogens (tertiary/aromatic N) is 1. The van der Waals surface area contributed by atoms with Gasteiger partial charge in [-0.15, -0.1) is 0 Å². The van der Waals surface area contributed by atoms with E-state index in [9.17, 15) is 14.7 Å². The van der Waals surface area contributed by atoms with E-state index >= 15 is 0 Å². The molecule has 2 aliphatic rings. The number of amides is 1. The molecule has 1 amide bonds. The van der Waals surface area contributed by atoms with Crippen LogP contribution in [0.1, 0.15) is 44.1 Å². The predicted octanol–water partition coefficient (Wildman–Crippen LogP) is 2.61. The number of carbonyl (C=O) groups is 2. The van der Waals surface area contributed by atoms with Crippen LogP contribution in [0.15, 0.2) is 18.2 Å². The average molecular weight is 391 g/mol. The number of rotatable bonds is 7. The van der Waals surface area contributed by atoms with Gasteiger partial charge in [0.1, 0.15) is 0 Å². The largest absolute Gasteiger partial charge is 0.493 e. The van der Waals surface area contributed by atoms with Gasteiger partial charge in [0.15, 0.2) is 11.5 Å². The molecule has 1 aromatic carbocycles. The predicted molar refractivity (Wildman–Crippen MR) is 103 cm³/mol. The van der Waals surface area contributed by atoms with Gasteiger partial charge < -0.3 is 24.2 Å². The topological polar surface area (TPSA) is 85.3 Å². The summed E-state index contributed by atoms with van der Waals surface area (Å²) in [7, 11) is 4.77. The quantitative estimate of drug-likeness (QED) is 0.769. The van der Waals surface area contributed by atoms with Crippen LogP contribution in [0.3, 0.4) is 0 Å². The fourth-order valence-electron chi connectivity index (χ4n) is 4.70. The van der Waals surface area contributed by atoms with Gasteiger partial charge in [0, 0.05) is 19.7 Å². The number of hydrogen-bond donors (Lipinski definition) is 1. The number of carboxylic acids is 1. The summed E-state index contributed by atoms with van der Waals surface area (Å²) in [6, 6.07) is 5.31. The molecular formula is C21H29NO6. The second kappa shape index (κ2) is 8.39. The number of carbonyl (C=O) groups excluding carboxylic acids is 1. The summed E-state index contributed by atoms with van der Waals surface area (Å²) < 4.78 is 16.2. The Bertz CT molecular complexity index is 728. The molecule has 2 fully saturated rings. The maximum Gasteiger partial charge on any atom is 0.305 e. The van der Waals surface area contributed by atoms with E-state index in [1.807, 2.05) is 18.2 Å². The van der Waals surface area contributed by atoms with Crippen molar-refractivity contribution >= 4 is 11.9 Å². The molecule has 0 bridgehead atoms. The van der Waals surface area contributed by atoms with Crippen LogP contribution < -0.4 is 9.47 Å². The minimum atomic E-state index is -0.897. The Morgan fingerprint density at radius 3 is 2.39 bits per heavy atom. The monoisotopic (exact) mass is 391 g/mol. The molecule has 7 nitrogen and oxygen atoms in total. The van der Waals surface area contributed by atoms with Crippen molar-refractivity contribution in [1.29, 1.82) is 0 Å². The normalized spacial score (nSPS) is 23.6. The van der Waals surface area contributed by atoms with Crippen LogP contribution >= 0.6 is 0 Å². The molecule has 1 saturated carbocycles. The summed E-state index contributed by atoms with van der Waals surface area (Å²) in [5, 5.41) is 9.30. The zero-order valence-electron chi connectivity index (χ0n) is 16.8. The number of ether oxygens (including phenoxy) is 3. The summed E-state index contributed by atoms with van der Waals surface area (Å²) in [6.45, 7) is 0.433. The number of likely N-dealkylation sites (tertiary alicyclic amines) is 1. The van der Waals surface area contributed by atoms with Gasteiger partial charge in [-0.3, -0.25) is 9.59 Å². The van der Waals surface area contributed by atoms with Gasteiger partial charge in [0.05, 0.1) is 32.2 Å². The van der Waals surface area contributed by atoms with E-state index in [2.05, 4.69) is 0 Å². The van der Waals surface area contributed by atoms with Gasteiger partial charge in [-0.05, 0) is 37.0 Å². The SMILES string of the molecule is COc1ccc(C2(C(=O)N3CC(OC)CC3CC(=O)O)CCCC2)cc1OC. The van der Waals surface area contributed by atoms with Crippen molar-refractivity contribution in [2.75, 3.05) is 27.9 Å². The first-order valence-corrected chi connectivity index (χ1v) is 9.73. The first-order valence-electron chi connectivity index (χ1n) is 9.73. The van der Waals surface area contributed by atoms with E-state index in [1.54, 1.807) is 26.2 Å². The van der Waals surface area contributed by atoms with Crippen LogP contribution in [0, 0.1) is 0 Å². The molecule has 2 unspecified atom stereocenters. The third kappa shape index (κ3) is 3.68. The highest BCUT2D eigenvalue weighted by molar-refractivity contribution is 5.90. The molecule has 1 N–H and O–H groups in total. The van der Waals surface area contributed by atoms with Gasteiger partial charge in [-0.25, -0.2) is 0 Å². The molecule has 1 saturated heterocycles. The molecule has 1 aliphatic heterocycles. The molecule has 0 aromatic heterocycles. The molecule has 28 heavy (non-hydrogen) atoms. The van der Waals surface area contributed by atoms with Crippen molar-refractivity contribution in [3.8, 4) is 11.5 Å². The van der Waals surface area contributed by atoms with Gasteiger partial charge in [0.2, 0.25) is 5.91 Å². The lowest BCUT2D eigenvalue weighted by Crippen LogP contribution is -2.48. The summed E-state index contributed by atoms with van der Waals surface area (Å²) in [6.07, 6.45) is 3.78. The molecule has 1 aromatic rings. The maximum atomic E-state index is 13.8. The zero-order valence-corrected chi connectivity index (χ0v) is 16.8. The summed E-state index contributed by atoms with van der Waals surface area (Å²) >= 11 is 0. The smallest absolute Gasteiger partial charge is 0.305 e. The van der Waals surface area contributed by atoms with E-state index in [1.165, 1.54) is 0 Å². The van der Waals surface area contributed by atoms with Crippen molar-refractivity contribution in [1.82, 2.24) is 4.90 Å². The number of benzene rings is 1. The lowest BCUT2D eigenvalue weighted by Gasteiger charge is -2.35. The number of aliphatic carboxylic acids is 1. The van der Waals surface area contributed by atoms with Crippen LogP contribution in [-0.2, 0) is 19.7 Å². The standard InChI is InChI=1S/C21H29NO6/c1-26-16-11-15(12-19(23)24)22(13-16)20(25)21(8-4-5-9-21)14-6-7-17(27-2)18(10-14)28-3/h6-7,10,15-16H,4-5,8-9,11-13H2,1-3H3,(H,23,24). The first-order chi connectivity index (χ1) is 13.4. The number of carboxylic acid groups (broad SMARTS) is 1. The fourth-order valence-corrected chi connectivity index (χ4v) is 4.70. The Morgan fingerprint density at radius 2 is 1.82 bits per heavy atom. The second-order valence-electron chi connectivity index (χ2n) is 7.66. The third-order valence-electron chi connectivity index (χ3n) is 6.18. The van der Waals surface area contributed by atoms with E-state index in [4.69, 9.17) is 14.2 Å². The van der Waals surface area contributed by atoms with Crippen LogP contribution in [-0.4, -0.2) is 61.9 Å². The minimum absolute atomic E-state index is 0.00280. The summed E-state index contributed by atoms with van der Waals surface area (Å²) in [5.74, 6) is 0.322. The Hall–Kier alpha value is -2.28. The van der Waals surface area contributed by atoms with Gasteiger partial charge in [0.25, 0.3) is 0 Å². The zero-order chi connectivity index (χ0) is 20.3. The molecule has 1 heterocycles. The third-order valence-corrected chi connectivity index (χ3v) is 6.18. The molecule has 2 atom stereocenters. The molecular weight excluding hydrogens is 362 g/mol. The molecule has 0 spiro atoms. The Kier molecular flexibility index (Phi) is 6.13. The summed E-state index contributed by atoms with van der Waals surface area (Å²) in [4.78, 5) is 26.9. The van der Waals surface area contributed by atoms with E-state index in [0.717, 1.165) is 31.2 Å². The van der Waals surface area contributed by atoms with Crippen LogP contribution in [0.5, 0.6) is 11.5 Å². The van der Waals surface area contributed by atoms with Crippen molar-refractivity contribution in [3.05, 3.63) is 23.8 Å². The van der Waals surface area contributed by atoms with Gasteiger partial charge >= 0.3 is 5.97 Å². The van der Waals surface area contributed by atoms with E-state index in [0.29, 0.717) is 24.5 Å². The number of hydrogen-bond acceptors (Lipinski definition) is 5. The molecule has 3 rings (SSSR count). The average Bonchev–Trinajstić information content (AvgIpc) is 3.34. The highest BCUT2D eigenvalue weighted by Gasteiger charge is 2.49. The van der Waals surface area contributed by atoms with Crippen LogP contribution in [0.2, 0.25) is 0 Å². The van der Waals surface area contributed by atoms with E-state index in [-0.39, 0.29) is 24.5 Å². The lowest BCUT2D eigenvalue weighted by molar-refractivity contribution is -0.142. The highest BCUT2D eigenvalue weighted by atomic mass is 16.5. The van der Waals surface area contributed by atoms with Gasteiger partial charge in [-0.1, -0.05) is 18.9 Å². The summed E-state index contributed by atoms with van der Waals surface area (Å²) in [5.41, 5.74) is 0.251. The van der Waals surface area contributed by atoms with Crippen molar-refractivity contribution in [3.63, 3.8) is 0 Å². The molecule has 154 valence electrons. The molecule has 0 radical (unpaired) electrons. The Morgan fingerprint density at radius 1 is 1.14 bits per heavy atom. The fraction of sp³-hybridized carbons (Fsp3) is 0.619. The van der Waals surface area contributed by atoms with Crippen molar-refractivity contribution in [2.45, 2.75) is 56.1 Å². The van der Waals surface area contributed by atoms with Crippen LogP contribution in [0.4, 0.5) is 0 Å². The first kappa shape index (κ1) is 20.5. The van der Waals surface area contributed by atoms with Crippen LogP contribution in [0.25, 0.3) is 0 Å². The number of methoxy groups -OCH3 is 3. The van der Waals surface area contributed by atoms with E-state index < -0.39 is 11.4 Å². The Balaban J connectivity index is 1.97. The second-order valence-corrected chi connectivity index (χ2v) is 7.66. The van der Waals surface area contributed by atoms with Crippen molar-refractivity contribution < 1.29 is 28.9 Å². The minimum Gasteiger partial charge on any atom is -0.493 e. The van der Waals surface area contributed by atoms with Crippen molar-refractivity contribution in [2.24, 2.45) is 0 Å². The molecule has 1 aliphatic carbocycles. The van der Waals surface area contributed by atoms with Gasteiger partial charge in [-0.2, -0.15) is 0 Å².